The monoisotopic (exact) mass is 516 g/mol. The number of hydrogen-bond donors (Lipinski definition) is 5. The highest BCUT2D eigenvalue weighted by molar-refractivity contribution is 7.66. The Morgan fingerprint density at radius 1 is 1.22 bits per heavy atom. The number of phosphoric ester groups is 1. The highest BCUT2D eigenvalue weighted by Gasteiger charge is 2.43. The van der Waals surface area contributed by atoms with Crippen molar-refractivity contribution < 1.29 is 51.2 Å². The van der Waals surface area contributed by atoms with Crippen molar-refractivity contribution in [2.24, 2.45) is 5.11 Å². The lowest BCUT2D eigenvalue weighted by Crippen LogP contribution is -2.24. The first kappa shape index (κ1) is 24.7. The van der Waals surface area contributed by atoms with E-state index in [4.69, 9.17) is 25.8 Å². The number of rotatable bonds is 9. The minimum atomic E-state index is -5.67. The van der Waals surface area contributed by atoms with Gasteiger partial charge in [-0.1, -0.05) is 5.11 Å². The standard InChI is InChI=1S/C10H15N8O11P3/c11-9-8-10(14-3-13-9)18(4-15-8)7-1-5(16-17-12)6(27-7)2-26-31(22,23)29-32(24,25)28-30(19,20)21/h3-7H,1-2H2,(H,22,23)(H,24,25)(H2,11,13,14)(H2,19,20,21)/t5?,6-,7-/m1/s1. The van der Waals surface area contributed by atoms with Gasteiger partial charge in [-0.05, 0) is 5.53 Å². The largest absolute Gasteiger partial charge is 0.490 e. The Morgan fingerprint density at radius 2 is 1.94 bits per heavy atom. The third kappa shape index (κ3) is 6.08. The first-order valence-corrected chi connectivity index (χ1v) is 12.7. The quantitative estimate of drug-likeness (QED) is 0.133. The molecule has 0 spiro atoms. The van der Waals surface area contributed by atoms with E-state index >= 15 is 0 Å². The van der Waals surface area contributed by atoms with E-state index in [1.54, 1.807) is 0 Å². The second kappa shape index (κ2) is 9.11. The summed E-state index contributed by atoms with van der Waals surface area (Å²) in [6.45, 7) is -0.784. The molecular formula is C10H15N8O11P3. The molecule has 6 N–H and O–H groups in total. The van der Waals surface area contributed by atoms with Crippen molar-refractivity contribution in [2.75, 3.05) is 12.3 Å². The molecule has 19 nitrogen and oxygen atoms in total. The van der Waals surface area contributed by atoms with Crippen LogP contribution in [0.15, 0.2) is 17.8 Å². The zero-order chi connectivity index (χ0) is 23.7. The number of fused-ring (bicyclic) bond motifs is 1. The molecule has 0 aromatic carbocycles. The summed E-state index contributed by atoms with van der Waals surface area (Å²) in [5.41, 5.74) is 15.1. The molecule has 1 fully saturated rings. The molecule has 32 heavy (non-hydrogen) atoms. The van der Waals surface area contributed by atoms with Crippen LogP contribution in [-0.4, -0.2) is 57.8 Å². The van der Waals surface area contributed by atoms with Crippen molar-refractivity contribution in [3.8, 4) is 0 Å². The van der Waals surface area contributed by atoms with E-state index in [2.05, 4.69) is 38.1 Å². The Balaban J connectivity index is 1.72. The third-order valence-corrected chi connectivity index (χ3v) is 7.72. The lowest BCUT2D eigenvalue weighted by atomic mass is 10.1. The number of aromatic nitrogens is 4. The minimum absolute atomic E-state index is 0.0594. The van der Waals surface area contributed by atoms with Crippen molar-refractivity contribution in [1.29, 1.82) is 0 Å². The second-order valence-corrected chi connectivity index (χ2v) is 10.5. The molecule has 2 aromatic rings. The number of hydrogen-bond acceptors (Lipinski definition) is 12. The highest BCUT2D eigenvalue weighted by Crippen LogP contribution is 2.66. The van der Waals surface area contributed by atoms with Crippen molar-refractivity contribution in [3.05, 3.63) is 23.1 Å². The lowest BCUT2D eigenvalue weighted by molar-refractivity contribution is -0.0230. The number of azide groups is 1. The second-order valence-electron chi connectivity index (χ2n) is 6.11. The van der Waals surface area contributed by atoms with Gasteiger partial charge in [-0.3, -0.25) is 9.09 Å². The van der Waals surface area contributed by atoms with Crippen LogP contribution < -0.4 is 5.73 Å². The maximum Gasteiger partial charge on any atom is 0.490 e. The van der Waals surface area contributed by atoms with E-state index in [0.29, 0.717) is 5.65 Å². The van der Waals surface area contributed by atoms with Crippen LogP contribution in [-0.2, 0) is 31.6 Å². The number of nitrogen functional groups attached to an aromatic ring is 1. The van der Waals surface area contributed by atoms with Crippen LogP contribution in [0.1, 0.15) is 12.6 Å². The molecule has 22 heteroatoms. The van der Waals surface area contributed by atoms with Crippen LogP contribution in [0.5, 0.6) is 0 Å². The minimum Gasteiger partial charge on any atom is -0.382 e. The van der Waals surface area contributed by atoms with E-state index in [0.717, 1.165) is 0 Å². The molecule has 5 atom stereocenters. The summed E-state index contributed by atoms with van der Waals surface area (Å²) in [5, 5.41) is 3.53. The molecule has 3 heterocycles. The number of nitrogens with zero attached hydrogens (tertiary/aromatic N) is 7. The molecule has 0 saturated carbocycles. The fourth-order valence-electron chi connectivity index (χ4n) is 2.78. The third-order valence-electron chi connectivity index (χ3n) is 3.92. The molecular weight excluding hydrogens is 501 g/mol. The van der Waals surface area contributed by atoms with Crippen LogP contribution in [0.4, 0.5) is 5.82 Å². The summed E-state index contributed by atoms with van der Waals surface area (Å²) >= 11 is 0. The summed E-state index contributed by atoms with van der Waals surface area (Å²) in [6, 6.07) is -0.922. The van der Waals surface area contributed by atoms with E-state index in [1.807, 2.05) is 0 Å². The van der Waals surface area contributed by atoms with Crippen LogP contribution >= 0.6 is 23.5 Å². The maximum absolute atomic E-state index is 11.9. The normalized spacial score (nSPS) is 25.2. The predicted molar refractivity (Wildman–Crippen MR) is 101 cm³/mol. The number of phosphoric acid groups is 3. The van der Waals surface area contributed by atoms with Gasteiger partial charge in [0.2, 0.25) is 0 Å². The van der Waals surface area contributed by atoms with E-state index in [9.17, 15) is 23.5 Å². The fourth-order valence-corrected chi connectivity index (χ4v) is 5.81. The smallest absolute Gasteiger partial charge is 0.382 e. The number of ether oxygens (including phenoxy) is 1. The Bertz CT molecular complexity index is 1190. The summed E-state index contributed by atoms with van der Waals surface area (Å²) in [6.07, 6.45) is 0.640. The summed E-state index contributed by atoms with van der Waals surface area (Å²) < 4.78 is 52.9. The molecule has 0 radical (unpaired) electrons. The predicted octanol–water partition coefficient (Wildman–Crippen LogP) is 0.718. The molecule has 1 aliphatic heterocycles. The van der Waals surface area contributed by atoms with Gasteiger partial charge in [0.15, 0.2) is 11.5 Å². The Labute approximate surface area is 177 Å². The van der Waals surface area contributed by atoms with Crippen molar-refractivity contribution >= 4 is 40.4 Å². The number of imidazole rings is 1. The van der Waals surface area contributed by atoms with Crippen molar-refractivity contribution in [2.45, 2.75) is 24.8 Å². The first-order valence-electron chi connectivity index (χ1n) is 8.21. The van der Waals surface area contributed by atoms with Crippen LogP contribution in [0.3, 0.4) is 0 Å². The SMILES string of the molecule is [N-]=[N+]=NC1C[C@H](n2cnc3c(N)ncnc32)O[C@@H]1COP(=O)(O)OP(=O)(O)OP(=O)(O)O. The van der Waals surface area contributed by atoms with E-state index in [-0.39, 0.29) is 17.8 Å². The fraction of sp³-hybridized carbons (Fsp3) is 0.500. The summed E-state index contributed by atoms with van der Waals surface area (Å²) in [5.74, 6) is 0.113. The molecule has 3 rings (SSSR count). The Kier molecular flexibility index (Phi) is 7.02. The molecule has 0 aliphatic carbocycles. The van der Waals surface area contributed by atoms with Crippen molar-refractivity contribution in [1.82, 2.24) is 19.5 Å². The van der Waals surface area contributed by atoms with Gasteiger partial charge in [0, 0.05) is 11.3 Å². The van der Waals surface area contributed by atoms with E-state index < -0.39 is 48.4 Å². The van der Waals surface area contributed by atoms with Crippen LogP contribution in [0.2, 0.25) is 0 Å². The van der Waals surface area contributed by atoms with Gasteiger partial charge in [0.05, 0.1) is 25.1 Å². The first-order chi connectivity index (χ1) is 14.8. The van der Waals surface area contributed by atoms with Gasteiger partial charge in [-0.15, -0.1) is 0 Å². The maximum atomic E-state index is 11.9. The Hall–Kier alpha value is -1.97. The van der Waals surface area contributed by atoms with Gasteiger partial charge in [-0.2, -0.15) is 8.62 Å². The molecule has 0 bridgehead atoms. The van der Waals surface area contributed by atoms with Gasteiger partial charge < -0.3 is 30.0 Å². The summed E-state index contributed by atoms with van der Waals surface area (Å²) in [4.78, 5) is 50.4. The number of anilines is 1. The Morgan fingerprint density at radius 3 is 2.59 bits per heavy atom. The van der Waals surface area contributed by atoms with Gasteiger partial charge in [0.25, 0.3) is 0 Å². The van der Waals surface area contributed by atoms with Gasteiger partial charge in [0.1, 0.15) is 18.1 Å². The van der Waals surface area contributed by atoms with Crippen molar-refractivity contribution in [3.63, 3.8) is 0 Å². The molecule has 1 saturated heterocycles. The zero-order valence-electron chi connectivity index (χ0n) is 15.5. The van der Waals surface area contributed by atoms with E-state index in [1.165, 1.54) is 17.2 Å². The topological polar surface area (TPSA) is 287 Å². The van der Waals surface area contributed by atoms with Crippen LogP contribution in [0.25, 0.3) is 21.6 Å². The highest BCUT2D eigenvalue weighted by atomic mass is 31.3. The van der Waals surface area contributed by atoms with Crippen LogP contribution in [0, 0.1) is 0 Å². The lowest BCUT2D eigenvalue weighted by Gasteiger charge is -2.19. The molecule has 1 aliphatic rings. The molecule has 3 unspecified atom stereocenters. The number of nitrogens with two attached hydrogens (primary N) is 1. The zero-order valence-corrected chi connectivity index (χ0v) is 18.2. The average molecular weight is 516 g/mol. The molecule has 0 amide bonds. The summed E-state index contributed by atoms with van der Waals surface area (Å²) in [7, 11) is -16.6. The molecule has 2 aromatic heterocycles. The average Bonchev–Trinajstić information content (AvgIpc) is 3.22. The van der Waals surface area contributed by atoms with Gasteiger partial charge in [-0.25, -0.2) is 28.6 Å². The molecule has 176 valence electrons. The van der Waals surface area contributed by atoms with Gasteiger partial charge >= 0.3 is 23.5 Å².